The van der Waals surface area contributed by atoms with Gasteiger partial charge in [0, 0.05) is 0 Å². The maximum Gasteiger partial charge on any atom is 0.325 e. The largest absolute Gasteiger partial charge is 0.460 e. The van der Waals surface area contributed by atoms with Crippen molar-refractivity contribution in [3.05, 3.63) is 83.9 Å². The standard InChI is InChI=1S/C23H22N2O4/c26-21(13-19-11-6-10-18-9-4-5-12-20(18)19)24-14-22(27)25-15-23(28)29-16-17-7-2-1-3-8-17/h1-12H,13-16H2,(H,24,26)(H,25,27). The number of ether oxygens (including phenoxy) is 1. The Kier molecular flexibility index (Phi) is 6.95. The van der Waals surface area contributed by atoms with Crippen LogP contribution in [0.1, 0.15) is 11.1 Å². The summed E-state index contributed by atoms with van der Waals surface area (Å²) in [5, 5.41) is 7.08. The first-order valence-corrected chi connectivity index (χ1v) is 9.31. The summed E-state index contributed by atoms with van der Waals surface area (Å²) in [4.78, 5) is 35.7. The molecule has 0 saturated heterocycles. The highest BCUT2D eigenvalue weighted by Crippen LogP contribution is 2.18. The van der Waals surface area contributed by atoms with E-state index in [1.807, 2.05) is 72.8 Å². The van der Waals surface area contributed by atoms with E-state index in [2.05, 4.69) is 10.6 Å². The fourth-order valence-electron chi connectivity index (χ4n) is 2.88. The Morgan fingerprint density at radius 1 is 0.724 bits per heavy atom. The minimum atomic E-state index is -0.538. The summed E-state index contributed by atoms with van der Waals surface area (Å²) >= 11 is 0. The average Bonchev–Trinajstić information content (AvgIpc) is 2.76. The zero-order valence-electron chi connectivity index (χ0n) is 15.9. The van der Waals surface area contributed by atoms with Crippen molar-refractivity contribution in [1.29, 1.82) is 0 Å². The first kappa shape index (κ1) is 20.1. The summed E-state index contributed by atoms with van der Waals surface area (Å²) in [6.07, 6.45) is 0.174. The van der Waals surface area contributed by atoms with Gasteiger partial charge in [-0.1, -0.05) is 72.8 Å². The molecule has 29 heavy (non-hydrogen) atoms. The van der Waals surface area contributed by atoms with E-state index in [1.165, 1.54) is 0 Å². The van der Waals surface area contributed by atoms with Gasteiger partial charge in [0.25, 0.3) is 0 Å². The number of hydrogen-bond donors (Lipinski definition) is 2. The number of hydrogen-bond acceptors (Lipinski definition) is 4. The van der Waals surface area contributed by atoms with Crippen molar-refractivity contribution in [3.63, 3.8) is 0 Å². The minimum absolute atomic E-state index is 0.150. The maximum atomic E-state index is 12.2. The zero-order valence-corrected chi connectivity index (χ0v) is 15.9. The second-order valence-electron chi connectivity index (χ2n) is 6.51. The fourth-order valence-corrected chi connectivity index (χ4v) is 2.88. The molecule has 0 atom stereocenters. The normalized spacial score (nSPS) is 10.3. The van der Waals surface area contributed by atoms with Crippen LogP contribution in [0.25, 0.3) is 10.8 Å². The van der Waals surface area contributed by atoms with Gasteiger partial charge in [-0.3, -0.25) is 14.4 Å². The monoisotopic (exact) mass is 390 g/mol. The number of fused-ring (bicyclic) bond motifs is 1. The Morgan fingerprint density at radius 2 is 1.41 bits per heavy atom. The Bertz CT molecular complexity index is 997. The van der Waals surface area contributed by atoms with Gasteiger partial charge in [0.1, 0.15) is 13.2 Å². The number of rotatable bonds is 8. The van der Waals surface area contributed by atoms with Crippen LogP contribution < -0.4 is 10.6 Å². The summed E-state index contributed by atoms with van der Waals surface area (Å²) in [5.41, 5.74) is 1.76. The molecular weight excluding hydrogens is 368 g/mol. The second-order valence-corrected chi connectivity index (χ2v) is 6.51. The fraction of sp³-hybridized carbons (Fsp3) is 0.174. The van der Waals surface area contributed by atoms with Crippen LogP contribution in [-0.2, 0) is 32.1 Å². The van der Waals surface area contributed by atoms with E-state index in [0.29, 0.717) is 0 Å². The van der Waals surface area contributed by atoms with Gasteiger partial charge < -0.3 is 15.4 Å². The highest BCUT2D eigenvalue weighted by molar-refractivity contribution is 5.92. The predicted molar refractivity (Wildman–Crippen MR) is 110 cm³/mol. The minimum Gasteiger partial charge on any atom is -0.460 e. The van der Waals surface area contributed by atoms with E-state index in [-0.39, 0.29) is 32.0 Å². The molecule has 0 aliphatic rings. The van der Waals surface area contributed by atoms with Crippen LogP contribution in [-0.4, -0.2) is 30.9 Å². The maximum absolute atomic E-state index is 12.2. The van der Waals surface area contributed by atoms with Crippen LogP contribution in [0.15, 0.2) is 72.8 Å². The highest BCUT2D eigenvalue weighted by Gasteiger charge is 2.10. The number of carbonyl (C=O) groups excluding carboxylic acids is 3. The number of nitrogens with one attached hydrogen (secondary N) is 2. The van der Waals surface area contributed by atoms with Gasteiger partial charge in [0.15, 0.2) is 0 Å². The van der Waals surface area contributed by atoms with Crippen LogP contribution in [0.3, 0.4) is 0 Å². The third-order valence-electron chi connectivity index (χ3n) is 4.35. The Hall–Kier alpha value is -3.67. The lowest BCUT2D eigenvalue weighted by molar-refractivity contribution is -0.145. The Morgan fingerprint density at radius 3 is 2.24 bits per heavy atom. The molecule has 0 heterocycles. The molecule has 0 aromatic heterocycles. The molecule has 3 aromatic carbocycles. The highest BCUT2D eigenvalue weighted by atomic mass is 16.5. The average molecular weight is 390 g/mol. The summed E-state index contributed by atoms with van der Waals surface area (Å²) < 4.78 is 5.08. The van der Waals surface area contributed by atoms with Gasteiger partial charge in [-0.05, 0) is 21.9 Å². The van der Waals surface area contributed by atoms with E-state index < -0.39 is 11.9 Å². The van der Waals surface area contributed by atoms with Gasteiger partial charge in [-0.25, -0.2) is 0 Å². The molecule has 0 bridgehead atoms. The second kappa shape index (κ2) is 10.0. The van der Waals surface area contributed by atoms with Crippen LogP contribution in [0, 0.1) is 0 Å². The van der Waals surface area contributed by atoms with Gasteiger partial charge in [0.2, 0.25) is 11.8 Å². The first-order valence-electron chi connectivity index (χ1n) is 9.31. The number of benzene rings is 3. The van der Waals surface area contributed by atoms with Gasteiger partial charge in [0.05, 0.1) is 13.0 Å². The van der Waals surface area contributed by atoms with Crippen molar-refractivity contribution < 1.29 is 19.1 Å². The molecule has 0 spiro atoms. The lowest BCUT2D eigenvalue weighted by atomic mass is 10.0. The third kappa shape index (κ3) is 6.17. The van der Waals surface area contributed by atoms with Gasteiger partial charge >= 0.3 is 5.97 Å². The SMILES string of the molecule is O=C(CNC(=O)Cc1cccc2ccccc12)NCC(=O)OCc1ccccc1. The third-order valence-corrected chi connectivity index (χ3v) is 4.35. The van der Waals surface area contributed by atoms with Crippen molar-refractivity contribution in [2.45, 2.75) is 13.0 Å². The van der Waals surface area contributed by atoms with E-state index in [9.17, 15) is 14.4 Å². The summed E-state index contributed by atoms with van der Waals surface area (Å²) in [5.74, 6) is -1.25. The summed E-state index contributed by atoms with van der Waals surface area (Å²) in [6.45, 7) is -0.294. The Balaban J connectivity index is 1.38. The van der Waals surface area contributed by atoms with Crippen LogP contribution >= 0.6 is 0 Å². The van der Waals surface area contributed by atoms with Crippen LogP contribution in [0.4, 0.5) is 0 Å². The van der Waals surface area contributed by atoms with E-state index >= 15 is 0 Å². The quantitative estimate of drug-likeness (QED) is 0.579. The van der Waals surface area contributed by atoms with Crippen molar-refractivity contribution in [2.75, 3.05) is 13.1 Å². The molecular formula is C23H22N2O4. The molecule has 3 aromatic rings. The lowest BCUT2D eigenvalue weighted by Crippen LogP contribution is -2.39. The van der Waals surface area contributed by atoms with E-state index in [4.69, 9.17) is 4.74 Å². The van der Waals surface area contributed by atoms with Gasteiger partial charge in [-0.15, -0.1) is 0 Å². The molecule has 2 amide bonds. The van der Waals surface area contributed by atoms with E-state index in [0.717, 1.165) is 21.9 Å². The van der Waals surface area contributed by atoms with Crippen molar-refractivity contribution >= 4 is 28.6 Å². The summed E-state index contributed by atoms with van der Waals surface area (Å²) in [6, 6.07) is 22.9. The topological polar surface area (TPSA) is 84.5 Å². The molecule has 0 fully saturated rings. The molecule has 6 nitrogen and oxygen atoms in total. The summed E-state index contributed by atoms with van der Waals surface area (Å²) in [7, 11) is 0. The lowest BCUT2D eigenvalue weighted by Gasteiger charge is -2.09. The number of carbonyl (C=O) groups is 3. The van der Waals surface area contributed by atoms with E-state index in [1.54, 1.807) is 0 Å². The number of esters is 1. The Labute approximate surface area is 168 Å². The molecule has 2 N–H and O–H groups in total. The molecule has 148 valence electrons. The molecule has 0 saturated carbocycles. The smallest absolute Gasteiger partial charge is 0.325 e. The van der Waals surface area contributed by atoms with Crippen molar-refractivity contribution in [3.8, 4) is 0 Å². The van der Waals surface area contributed by atoms with Gasteiger partial charge in [-0.2, -0.15) is 0 Å². The number of amides is 2. The molecule has 3 rings (SSSR count). The predicted octanol–water partition coefficient (Wildman–Crippen LogP) is 2.36. The first-order chi connectivity index (χ1) is 14.1. The van der Waals surface area contributed by atoms with Crippen molar-refractivity contribution in [1.82, 2.24) is 10.6 Å². The molecule has 0 radical (unpaired) electrons. The zero-order chi connectivity index (χ0) is 20.5. The van der Waals surface area contributed by atoms with Crippen molar-refractivity contribution in [2.24, 2.45) is 0 Å². The molecule has 0 aliphatic carbocycles. The van der Waals surface area contributed by atoms with Crippen LogP contribution in [0.2, 0.25) is 0 Å². The molecule has 6 heteroatoms. The van der Waals surface area contributed by atoms with Crippen LogP contribution in [0.5, 0.6) is 0 Å². The molecule has 0 aliphatic heterocycles. The molecule has 0 unspecified atom stereocenters.